The summed E-state index contributed by atoms with van der Waals surface area (Å²) < 4.78 is 28.5. The van der Waals surface area contributed by atoms with Crippen LogP contribution in [0.1, 0.15) is 64.0 Å². The summed E-state index contributed by atoms with van der Waals surface area (Å²) in [6.45, 7) is 8.18. The molecule has 1 aliphatic carbocycles. The minimum absolute atomic E-state index is 0.128. The number of rotatable bonds is 1. The van der Waals surface area contributed by atoms with Gasteiger partial charge in [0.15, 0.2) is 0 Å². The predicted molar refractivity (Wildman–Crippen MR) is 81.0 cm³/mol. The summed E-state index contributed by atoms with van der Waals surface area (Å²) in [6, 6.07) is 2.68. The van der Waals surface area contributed by atoms with Gasteiger partial charge in [0, 0.05) is 0 Å². The van der Waals surface area contributed by atoms with Crippen LogP contribution >= 0.6 is 0 Å². The Kier molecular flexibility index (Phi) is 4.44. The second kappa shape index (κ2) is 5.68. The summed E-state index contributed by atoms with van der Waals surface area (Å²) in [6.07, 6.45) is 3.45. The summed E-state index contributed by atoms with van der Waals surface area (Å²) in [5.74, 6) is -0.746. The van der Waals surface area contributed by atoms with Crippen molar-refractivity contribution < 1.29 is 13.9 Å². The normalized spacial score (nSPS) is 27.5. The van der Waals surface area contributed by atoms with E-state index in [1.165, 1.54) is 12.1 Å². The fraction of sp³-hybridized carbons (Fsp3) is 0.667. The van der Waals surface area contributed by atoms with Crippen molar-refractivity contribution in [1.29, 1.82) is 0 Å². The average molecular weight is 296 g/mol. The topological polar surface area (TPSA) is 20.2 Å². The van der Waals surface area contributed by atoms with Crippen molar-refractivity contribution in [2.24, 2.45) is 11.3 Å². The molecule has 0 amide bonds. The smallest absolute Gasteiger partial charge is 0.135 e. The molecular weight excluding hydrogens is 270 g/mol. The fourth-order valence-corrected chi connectivity index (χ4v) is 3.52. The molecule has 0 aliphatic heterocycles. The Morgan fingerprint density at radius 1 is 1.14 bits per heavy atom. The monoisotopic (exact) mass is 296 g/mol. The zero-order chi connectivity index (χ0) is 15.8. The highest BCUT2D eigenvalue weighted by atomic mass is 19.1. The van der Waals surface area contributed by atoms with Crippen LogP contribution in [0.15, 0.2) is 12.1 Å². The van der Waals surface area contributed by atoms with E-state index in [1.807, 2.05) is 0 Å². The first kappa shape index (κ1) is 16.4. The van der Waals surface area contributed by atoms with Crippen molar-refractivity contribution in [3.63, 3.8) is 0 Å². The first-order valence-corrected chi connectivity index (χ1v) is 7.82. The highest BCUT2D eigenvalue weighted by Gasteiger charge is 2.39. The third-order valence-corrected chi connectivity index (χ3v) is 5.02. The van der Waals surface area contributed by atoms with Crippen LogP contribution < -0.4 is 0 Å². The molecular formula is C18H26F2O. The zero-order valence-electron chi connectivity index (χ0n) is 13.5. The van der Waals surface area contributed by atoms with Gasteiger partial charge < -0.3 is 5.11 Å². The second-order valence-corrected chi connectivity index (χ2v) is 7.58. The van der Waals surface area contributed by atoms with E-state index in [4.69, 9.17) is 0 Å². The molecule has 1 N–H and O–H groups in total. The van der Waals surface area contributed by atoms with Gasteiger partial charge in [-0.1, -0.05) is 26.8 Å². The molecule has 1 aromatic rings. The van der Waals surface area contributed by atoms with Crippen molar-refractivity contribution in [3.05, 3.63) is 34.9 Å². The predicted octanol–water partition coefficient (Wildman–Crippen LogP) is 5.09. The van der Waals surface area contributed by atoms with E-state index in [0.717, 1.165) is 19.3 Å². The molecule has 2 atom stereocenters. The van der Waals surface area contributed by atoms with Gasteiger partial charge in [0.2, 0.25) is 0 Å². The standard InChI is InChI=1S/C18H26F2O/c1-12-7-8-14(19)15(16(12)20)18(21)10-5-6-13(9-11-18)17(2,3)4/h7-8,13,21H,5-6,9-11H2,1-4H3. The molecule has 1 aliphatic rings. The number of aryl methyl sites for hydroxylation is 1. The van der Waals surface area contributed by atoms with Gasteiger partial charge in [-0.3, -0.25) is 0 Å². The average Bonchev–Trinajstić information content (AvgIpc) is 2.56. The van der Waals surface area contributed by atoms with Crippen molar-refractivity contribution in [1.82, 2.24) is 0 Å². The van der Waals surface area contributed by atoms with Gasteiger partial charge in [-0.25, -0.2) is 8.78 Å². The lowest BCUT2D eigenvalue weighted by molar-refractivity contribution is 0.0110. The molecule has 0 aromatic heterocycles. The minimum Gasteiger partial charge on any atom is -0.385 e. The summed E-state index contributed by atoms with van der Waals surface area (Å²) in [5, 5.41) is 10.9. The molecule has 3 heteroatoms. The molecule has 1 saturated carbocycles. The molecule has 1 nitrogen and oxygen atoms in total. The number of benzene rings is 1. The van der Waals surface area contributed by atoms with Crippen LogP contribution in [-0.4, -0.2) is 5.11 Å². The van der Waals surface area contributed by atoms with Crippen LogP contribution in [-0.2, 0) is 5.60 Å². The van der Waals surface area contributed by atoms with Crippen molar-refractivity contribution in [2.45, 2.75) is 65.4 Å². The van der Waals surface area contributed by atoms with Crippen LogP contribution in [0.2, 0.25) is 0 Å². The number of halogens is 2. The van der Waals surface area contributed by atoms with Crippen molar-refractivity contribution in [3.8, 4) is 0 Å². The quantitative estimate of drug-likeness (QED) is 0.716. The molecule has 2 unspecified atom stereocenters. The maximum atomic E-state index is 14.4. The summed E-state index contributed by atoms with van der Waals surface area (Å²) in [5.41, 5.74) is -0.955. The Labute approximate surface area is 126 Å². The van der Waals surface area contributed by atoms with E-state index in [9.17, 15) is 13.9 Å². The van der Waals surface area contributed by atoms with E-state index in [0.29, 0.717) is 24.3 Å². The van der Waals surface area contributed by atoms with E-state index in [-0.39, 0.29) is 11.0 Å². The van der Waals surface area contributed by atoms with E-state index < -0.39 is 17.2 Å². The molecule has 0 heterocycles. The third kappa shape index (κ3) is 3.28. The number of aliphatic hydroxyl groups is 1. The van der Waals surface area contributed by atoms with Crippen molar-refractivity contribution >= 4 is 0 Å². The van der Waals surface area contributed by atoms with Gasteiger partial charge in [0.1, 0.15) is 11.6 Å². The lowest BCUT2D eigenvalue weighted by Crippen LogP contribution is -2.29. The zero-order valence-corrected chi connectivity index (χ0v) is 13.5. The molecule has 0 spiro atoms. The van der Waals surface area contributed by atoms with Gasteiger partial charge in [-0.2, -0.15) is 0 Å². The third-order valence-electron chi connectivity index (χ3n) is 5.02. The first-order chi connectivity index (χ1) is 9.65. The fourth-order valence-electron chi connectivity index (χ4n) is 3.52. The molecule has 1 aromatic carbocycles. The molecule has 1 fully saturated rings. The second-order valence-electron chi connectivity index (χ2n) is 7.58. The largest absolute Gasteiger partial charge is 0.385 e. The Bertz CT molecular complexity index is 519. The van der Waals surface area contributed by atoms with E-state index in [2.05, 4.69) is 20.8 Å². The molecule has 21 heavy (non-hydrogen) atoms. The van der Waals surface area contributed by atoms with Gasteiger partial charge in [0.05, 0.1) is 11.2 Å². The minimum atomic E-state index is -1.37. The maximum absolute atomic E-state index is 14.4. The molecule has 0 saturated heterocycles. The van der Waals surface area contributed by atoms with Crippen LogP contribution in [0.5, 0.6) is 0 Å². The van der Waals surface area contributed by atoms with Crippen LogP contribution in [0.3, 0.4) is 0 Å². The van der Waals surface area contributed by atoms with Crippen LogP contribution in [0, 0.1) is 29.9 Å². The Hall–Kier alpha value is -0.960. The molecule has 118 valence electrons. The Morgan fingerprint density at radius 2 is 1.81 bits per heavy atom. The first-order valence-electron chi connectivity index (χ1n) is 7.82. The maximum Gasteiger partial charge on any atom is 0.135 e. The van der Waals surface area contributed by atoms with Gasteiger partial charge >= 0.3 is 0 Å². The molecule has 2 rings (SSSR count). The van der Waals surface area contributed by atoms with E-state index in [1.54, 1.807) is 6.92 Å². The van der Waals surface area contributed by atoms with Gasteiger partial charge in [-0.05, 0) is 62.0 Å². The highest BCUT2D eigenvalue weighted by Crippen LogP contribution is 2.44. The summed E-state index contributed by atoms with van der Waals surface area (Å²) in [4.78, 5) is 0. The molecule has 0 radical (unpaired) electrons. The van der Waals surface area contributed by atoms with Gasteiger partial charge in [0.25, 0.3) is 0 Å². The lowest BCUT2D eigenvalue weighted by Gasteiger charge is -2.31. The highest BCUT2D eigenvalue weighted by molar-refractivity contribution is 5.31. The van der Waals surface area contributed by atoms with Crippen LogP contribution in [0.25, 0.3) is 0 Å². The Morgan fingerprint density at radius 3 is 2.43 bits per heavy atom. The summed E-state index contributed by atoms with van der Waals surface area (Å²) in [7, 11) is 0. The number of hydrogen-bond acceptors (Lipinski definition) is 1. The lowest BCUT2D eigenvalue weighted by atomic mass is 9.76. The van der Waals surface area contributed by atoms with E-state index >= 15 is 0 Å². The van der Waals surface area contributed by atoms with Crippen molar-refractivity contribution in [2.75, 3.05) is 0 Å². The van der Waals surface area contributed by atoms with Gasteiger partial charge in [-0.15, -0.1) is 0 Å². The molecule has 0 bridgehead atoms. The summed E-state index contributed by atoms with van der Waals surface area (Å²) >= 11 is 0. The number of hydrogen-bond donors (Lipinski definition) is 1. The van der Waals surface area contributed by atoms with Crippen LogP contribution in [0.4, 0.5) is 8.78 Å². The SMILES string of the molecule is Cc1ccc(F)c(C2(O)CCCC(C(C)(C)C)CC2)c1F. The Balaban J connectivity index is 2.34.